The van der Waals surface area contributed by atoms with E-state index in [1.165, 1.54) is 121 Å². The molecule has 4 heterocycles. The molecule has 12 saturated carbocycles. The Bertz CT molecular complexity index is 3210. The van der Waals surface area contributed by atoms with Crippen LogP contribution in [0.4, 0.5) is 5.69 Å². The Balaban J connectivity index is 0.000000130. The van der Waals surface area contributed by atoms with Crippen molar-refractivity contribution < 1.29 is 50.0 Å². The molecule has 18 unspecified atom stereocenters. The van der Waals surface area contributed by atoms with Crippen molar-refractivity contribution in [3.63, 3.8) is 0 Å². The summed E-state index contributed by atoms with van der Waals surface area (Å²) in [7, 11) is 9.98. The van der Waals surface area contributed by atoms with Crippen LogP contribution in [0, 0.1) is 124 Å². The Morgan fingerprint density at radius 3 is 1.02 bits per heavy atom. The van der Waals surface area contributed by atoms with Crippen LogP contribution in [0.3, 0.4) is 0 Å². The van der Waals surface area contributed by atoms with Crippen molar-refractivity contribution in [3.8, 4) is 0 Å². The van der Waals surface area contributed by atoms with E-state index in [1.807, 2.05) is 54.0 Å². The van der Waals surface area contributed by atoms with E-state index in [1.54, 1.807) is 0 Å². The zero-order valence-electron chi connectivity index (χ0n) is 65.8. The van der Waals surface area contributed by atoms with Gasteiger partial charge in [-0.1, -0.05) is 69.2 Å². The highest BCUT2D eigenvalue weighted by molar-refractivity contribution is 5.89. The first-order valence-electron chi connectivity index (χ1n) is 41.6. The fraction of sp³-hybridized carbons (Fsp3) is 0.872. The van der Waals surface area contributed by atoms with Crippen molar-refractivity contribution in [1.82, 2.24) is 19.6 Å². The van der Waals surface area contributed by atoms with E-state index < -0.39 is 10.9 Å². The Kier molecular flexibility index (Phi) is 21.0. The molecule has 1 aromatic carbocycles. The van der Waals surface area contributed by atoms with Crippen LogP contribution in [0.1, 0.15) is 286 Å². The number of esters is 1. The van der Waals surface area contributed by atoms with Crippen molar-refractivity contribution in [2.24, 2.45) is 114 Å². The van der Waals surface area contributed by atoms with Crippen LogP contribution in [0.5, 0.6) is 0 Å². The number of nitrogens with zero attached hydrogens (tertiary/aromatic N) is 5. The Morgan fingerprint density at radius 1 is 0.431 bits per heavy atom. The molecule has 12 aliphatic carbocycles. The van der Waals surface area contributed by atoms with Gasteiger partial charge in [0.05, 0.1) is 28.8 Å². The first-order chi connectivity index (χ1) is 48.2. The van der Waals surface area contributed by atoms with Crippen molar-refractivity contribution in [3.05, 3.63) is 39.9 Å². The van der Waals surface area contributed by atoms with Crippen LogP contribution < -0.4 is 0 Å². The largest absolute Gasteiger partial charge is 0.459 e. The summed E-state index contributed by atoms with van der Waals surface area (Å²) in [6.07, 6.45) is 35.6. The van der Waals surface area contributed by atoms with Gasteiger partial charge in [0.2, 0.25) is 23.6 Å². The Morgan fingerprint density at radius 2 is 0.716 bits per heavy atom. The number of non-ortho nitro benzene ring substituents is 1. The van der Waals surface area contributed by atoms with Crippen LogP contribution >= 0.6 is 0 Å². The number of ether oxygens (including phenoxy) is 2. The molecule has 16 heteroatoms. The lowest BCUT2D eigenvalue weighted by Gasteiger charge is -2.61. The molecular weight excluding hydrogens is 1280 g/mol. The fourth-order valence-corrected chi connectivity index (χ4v) is 29.8. The third kappa shape index (κ3) is 12.8. The minimum absolute atomic E-state index is 0. The number of amides is 4. The molecule has 16 aliphatic rings. The molecule has 28 atom stereocenters. The van der Waals surface area contributed by atoms with E-state index in [4.69, 9.17) is 9.47 Å². The van der Waals surface area contributed by atoms with E-state index in [0.29, 0.717) is 122 Å². The fourth-order valence-electron chi connectivity index (χ4n) is 29.8. The summed E-state index contributed by atoms with van der Waals surface area (Å²) in [4.78, 5) is 80.2. The Hall–Kier alpha value is -4.15. The number of aliphatic hydroxyl groups excluding tert-OH is 2. The number of rotatable bonds is 4. The highest BCUT2D eigenvalue weighted by Crippen LogP contribution is 2.70. The lowest BCUT2D eigenvalue weighted by Crippen LogP contribution is -2.61. The number of piperidine rings is 4. The van der Waals surface area contributed by atoms with Crippen LogP contribution in [-0.2, 0) is 28.7 Å². The number of hydrogen-bond acceptors (Lipinski definition) is 11. The van der Waals surface area contributed by atoms with Crippen LogP contribution in [0.15, 0.2) is 24.3 Å². The van der Waals surface area contributed by atoms with Crippen molar-refractivity contribution >= 4 is 35.3 Å². The van der Waals surface area contributed by atoms with Gasteiger partial charge in [0, 0.05) is 98.7 Å². The summed E-state index contributed by atoms with van der Waals surface area (Å²) in [6.45, 7) is 23.6. The number of methoxy groups -OCH3 is 1. The summed E-state index contributed by atoms with van der Waals surface area (Å²) in [5.41, 5.74) is 2.90. The third-order valence-electron chi connectivity index (χ3n) is 35.1. The highest BCUT2D eigenvalue weighted by Gasteiger charge is 2.66. The molecule has 102 heavy (non-hydrogen) atoms. The lowest BCUT2D eigenvalue weighted by atomic mass is 9.47. The second-order valence-corrected chi connectivity index (χ2v) is 39.4. The van der Waals surface area contributed by atoms with Gasteiger partial charge in [-0.05, 0) is 306 Å². The second kappa shape index (κ2) is 28.1. The number of nitro benzene ring substituents is 1. The van der Waals surface area contributed by atoms with Crippen LogP contribution in [0.25, 0.3) is 0 Å². The van der Waals surface area contributed by atoms with E-state index in [9.17, 15) is 44.3 Å². The van der Waals surface area contributed by atoms with Gasteiger partial charge in [-0.3, -0.25) is 29.3 Å². The Labute approximate surface area is 614 Å². The van der Waals surface area contributed by atoms with Gasteiger partial charge in [0.25, 0.3) is 5.69 Å². The normalized spacial score (nSPS) is 48.4. The average molecular weight is 1420 g/mol. The first kappa shape index (κ1) is 76.1. The SMILES string of the molecule is CC.CN1C(=O)CC[C@]2(C)C3CC[C@]4(C)CC(OC(=O)c5ccc([N+](=O)[O-])cc5)CC4C3CCC12.CN1C(=O)CC[C@]2(C)C3CC[C@]4(C)C[C@@H](O)CC4C3CCC12.CN1C(=O)CC[C@]2(C)C3CC[C@]4(C)C[C@H](O)CC4C3CCC12.COC1CC2C3CCC4N(C)C(=O)CC[C@]4(C)C3CC[C@]2(C)C1.[2HH]. The smallest absolute Gasteiger partial charge is 0.338 e. The van der Waals surface area contributed by atoms with Gasteiger partial charge in [0.1, 0.15) is 6.10 Å². The number of nitro groups is 1. The summed E-state index contributed by atoms with van der Waals surface area (Å²) < 4.78 is 11.7. The number of carbonyl (C=O) groups is 5. The van der Waals surface area contributed by atoms with Gasteiger partial charge in [0.15, 0.2) is 0 Å². The van der Waals surface area contributed by atoms with Gasteiger partial charge >= 0.3 is 5.97 Å². The topological polar surface area (TPSA) is 200 Å². The van der Waals surface area contributed by atoms with Crippen molar-refractivity contribution in [2.45, 2.75) is 323 Å². The number of hydrogen-bond donors (Lipinski definition) is 2. The molecule has 17 rings (SSSR count). The lowest BCUT2D eigenvalue weighted by molar-refractivity contribution is -0.384. The minimum Gasteiger partial charge on any atom is -0.459 e. The molecule has 0 spiro atoms. The molecule has 4 aliphatic heterocycles. The zero-order chi connectivity index (χ0) is 73.3. The molecule has 4 saturated heterocycles. The number of fused-ring (bicyclic) bond motifs is 20. The van der Waals surface area contributed by atoms with Crippen molar-refractivity contribution in [2.75, 3.05) is 35.3 Å². The average Bonchev–Trinajstić information content (AvgIpc) is 1.72. The third-order valence-corrected chi connectivity index (χ3v) is 35.1. The van der Waals surface area contributed by atoms with E-state index in [-0.39, 0.29) is 42.2 Å². The molecule has 0 radical (unpaired) electrons. The van der Waals surface area contributed by atoms with Gasteiger partial charge in [-0.15, -0.1) is 0 Å². The molecule has 2 N–H and O–H groups in total. The maximum Gasteiger partial charge on any atom is 0.338 e. The van der Waals surface area contributed by atoms with Crippen LogP contribution in [0.2, 0.25) is 0 Å². The minimum atomic E-state index is -0.469. The number of likely N-dealkylation sites (tertiary alicyclic amines) is 4. The number of aliphatic hydroxyl groups is 2. The molecule has 0 aromatic heterocycles. The highest BCUT2D eigenvalue weighted by atomic mass is 16.6. The quantitative estimate of drug-likeness (QED) is 0.165. The number of carbonyl (C=O) groups excluding carboxylic acids is 5. The predicted octanol–water partition coefficient (Wildman–Crippen LogP) is 16.5. The molecule has 1 aromatic rings. The van der Waals surface area contributed by atoms with Gasteiger partial charge in [-0.2, -0.15) is 0 Å². The first-order valence-corrected chi connectivity index (χ1v) is 41.6. The molecule has 16 fully saturated rings. The summed E-state index contributed by atoms with van der Waals surface area (Å²) in [5, 5.41) is 31.3. The number of benzene rings is 1. The van der Waals surface area contributed by atoms with Gasteiger partial charge < -0.3 is 39.3 Å². The molecule has 4 amide bonds. The molecule has 16 nitrogen and oxygen atoms in total. The second-order valence-electron chi connectivity index (χ2n) is 39.4. The maximum absolute atomic E-state index is 12.8. The van der Waals surface area contributed by atoms with E-state index >= 15 is 0 Å². The van der Waals surface area contributed by atoms with Crippen molar-refractivity contribution in [1.29, 1.82) is 0 Å². The molecular formula is C86H137N5O11. The summed E-state index contributed by atoms with van der Waals surface area (Å²) in [5.74, 6) is 9.72. The predicted molar refractivity (Wildman–Crippen MR) is 399 cm³/mol. The van der Waals surface area contributed by atoms with Crippen LogP contribution in [-0.4, -0.2) is 148 Å². The monoisotopic (exact) mass is 1420 g/mol. The van der Waals surface area contributed by atoms with Gasteiger partial charge in [-0.25, -0.2) is 4.79 Å². The standard InChI is InChI=1S/C26H34N2O5.C20H33NO2.2C19H31NO2.C2H6.H2/c1-25-12-10-20-19(8-9-22-26(20,2)13-11-23(29)27(22)3)21(25)14-18(15-25)33-24(30)16-4-6-17(7-5-16)28(31)32;1-19-9-7-15-14(16(19)11-13(12-19)23-4)5-6-17-20(15,2)10-8-18(22)21(17)3;2*1-18-8-6-14-13(15(18)10-12(21)11-18)4-5-16-19(14,2)9-7-17(22)20(16)3;1-2;/h4-7,18-22H,8-15H2,1-3H3;13-17H,5-12H2,1-4H3;2*12-16,21H,4-11H2,1-3H3;1-2H3;1H/t18?,19?,20?,21?,22?,25-,26-;13?,14?,15?,16?,17?,19-,20-;12-,13?,14?,15?,16?,18+,19+;12-,13?,14?,15?,16?,18-,19-;;/m1101../s1/i;;;;;1+1. The molecule has 0 bridgehead atoms. The summed E-state index contributed by atoms with van der Waals surface area (Å²) >= 11 is 0. The maximum atomic E-state index is 12.8. The van der Waals surface area contributed by atoms with E-state index in [0.717, 1.165) is 144 Å². The summed E-state index contributed by atoms with van der Waals surface area (Å²) in [6, 6.07) is 7.38. The van der Waals surface area contributed by atoms with E-state index in [2.05, 4.69) is 70.1 Å². The zero-order valence-corrected chi connectivity index (χ0v) is 65.8. The molecule has 572 valence electrons.